The van der Waals surface area contributed by atoms with Crippen LogP contribution in [-0.4, -0.2) is 43.8 Å². The number of rotatable bonds is 4. The molecule has 3 rings (SSSR count). The third-order valence-corrected chi connectivity index (χ3v) is 4.82. The third-order valence-electron chi connectivity index (χ3n) is 3.46. The fourth-order valence-corrected chi connectivity index (χ4v) is 3.61. The van der Waals surface area contributed by atoms with Crippen LogP contribution in [0, 0.1) is 0 Å². The lowest BCUT2D eigenvalue weighted by atomic mass is 10.2. The van der Waals surface area contributed by atoms with Crippen molar-refractivity contribution in [2.24, 2.45) is 0 Å². The van der Waals surface area contributed by atoms with Crippen LogP contribution in [0.3, 0.4) is 0 Å². The molecule has 1 aromatic rings. The molecule has 9 heteroatoms. The van der Waals surface area contributed by atoms with Crippen LogP contribution in [0.25, 0.3) is 0 Å². The molecule has 0 bridgehead atoms. The molecule has 0 radical (unpaired) electrons. The lowest BCUT2D eigenvalue weighted by Crippen LogP contribution is -2.35. The smallest absolute Gasteiger partial charge is 0.273 e. The van der Waals surface area contributed by atoms with Crippen LogP contribution < -0.4 is 5.32 Å². The highest BCUT2D eigenvalue weighted by molar-refractivity contribution is 8.13. The normalized spacial score (nSPS) is 22.9. The van der Waals surface area contributed by atoms with Gasteiger partial charge in [0.05, 0.1) is 18.3 Å². The predicted octanol–water partition coefficient (Wildman–Crippen LogP) is 0.733. The Kier molecular flexibility index (Phi) is 3.47. The minimum Gasteiger partial charge on any atom is -0.379 e. The fourth-order valence-electron chi connectivity index (χ4n) is 2.30. The van der Waals surface area contributed by atoms with Crippen LogP contribution in [0.4, 0.5) is 0 Å². The number of amides is 1. The highest BCUT2D eigenvalue weighted by Gasteiger charge is 2.36. The van der Waals surface area contributed by atoms with E-state index in [2.05, 4.69) is 15.5 Å². The van der Waals surface area contributed by atoms with E-state index in [0.717, 1.165) is 12.8 Å². The van der Waals surface area contributed by atoms with E-state index in [1.165, 1.54) is 0 Å². The van der Waals surface area contributed by atoms with Gasteiger partial charge in [0.2, 0.25) is 0 Å². The summed E-state index contributed by atoms with van der Waals surface area (Å²) in [6.45, 7) is 1.01. The first-order valence-electron chi connectivity index (χ1n) is 6.38. The largest absolute Gasteiger partial charge is 0.379 e. The number of halogens is 1. The van der Waals surface area contributed by atoms with Crippen molar-refractivity contribution >= 4 is 25.6 Å². The Morgan fingerprint density at radius 2 is 2.15 bits per heavy atom. The Hall–Kier alpha value is -1.12. The summed E-state index contributed by atoms with van der Waals surface area (Å²) >= 11 is 0. The van der Waals surface area contributed by atoms with E-state index in [1.54, 1.807) is 0 Å². The van der Waals surface area contributed by atoms with Crippen LogP contribution in [0.5, 0.6) is 0 Å². The summed E-state index contributed by atoms with van der Waals surface area (Å²) in [5, 5.41) is 9.20. The van der Waals surface area contributed by atoms with Gasteiger partial charge in [-0.2, -0.15) is 5.10 Å². The van der Waals surface area contributed by atoms with Gasteiger partial charge >= 0.3 is 0 Å². The molecular formula is C11H14ClN3O4S. The third kappa shape index (κ3) is 2.68. The van der Waals surface area contributed by atoms with Gasteiger partial charge in [-0.1, -0.05) is 0 Å². The van der Waals surface area contributed by atoms with Crippen molar-refractivity contribution in [3.8, 4) is 0 Å². The molecular weight excluding hydrogens is 306 g/mol. The van der Waals surface area contributed by atoms with Gasteiger partial charge in [0.25, 0.3) is 15.0 Å². The molecule has 1 aliphatic heterocycles. The van der Waals surface area contributed by atoms with Crippen molar-refractivity contribution < 1.29 is 17.9 Å². The van der Waals surface area contributed by atoms with E-state index in [-0.39, 0.29) is 22.5 Å². The average molecular weight is 320 g/mol. The number of nitrogens with zero attached hydrogens (tertiary/aromatic N) is 1. The second kappa shape index (κ2) is 5.01. The van der Waals surface area contributed by atoms with Gasteiger partial charge in [-0.05, 0) is 19.3 Å². The minimum atomic E-state index is -4.02. The summed E-state index contributed by atoms with van der Waals surface area (Å²) in [5.74, 6) is -0.440. The lowest BCUT2D eigenvalue weighted by Gasteiger charge is -2.09. The van der Waals surface area contributed by atoms with Crippen molar-refractivity contribution in [2.75, 3.05) is 13.2 Å². The monoisotopic (exact) mass is 319 g/mol. The molecule has 0 spiro atoms. The molecule has 7 nitrogen and oxygen atoms in total. The maximum Gasteiger partial charge on any atom is 0.273 e. The SMILES string of the molecule is O=C(NC1CCOC1)c1n[nH]c(C2CC2)c1S(=O)(=O)Cl. The number of aromatic nitrogens is 2. The van der Waals surface area contributed by atoms with Gasteiger partial charge in [-0.15, -0.1) is 0 Å². The summed E-state index contributed by atoms with van der Waals surface area (Å²) in [4.78, 5) is 12.0. The van der Waals surface area contributed by atoms with E-state index >= 15 is 0 Å². The Bertz CT molecular complexity index is 632. The quantitative estimate of drug-likeness (QED) is 0.797. The number of nitrogens with one attached hydrogen (secondary N) is 2. The maximum absolute atomic E-state index is 12.2. The Morgan fingerprint density at radius 3 is 2.70 bits per heavy atom. The van der Waals surface area contributed by atoms with E-state index in [4.69, 9.17) is 15.4 Å². The lowest BCUT2D eigenvalue weighted by molar-refractivity contribution is 0.0921. The van der Waals surface area contributed by atoms with Gasteiger partial charge in [0, 0.05) is 23.2 Å². The van der Waals surface area contributed by atoms with Crippen LogP contribution in [0.2, 0.25) is 0 Å². The van der Waals surface area contributed by atoms with E-state index in [9.17, 15) is 13.2 Å². The van der Waals surface area contributed by atoms with Crippen molar-refractivity contribution in [2.45, 2.75) is 36.1 Å². The second-order valence-electron chi connectivity index (χ2n) is 5.06. The number of aromatic amines is 1. The molecule has 1 amide bonds. The highest BCUT2D eigenvalue weighted by Crippen LogP contribution is 2.43. The van der Waals surface area contributed by atoms with Crippen molar-refractivity contribution in [3.63, 3.8) is 0 Å². The molecule has 1 atom stereocenters. The van der Waals surface area contributed by atoms with E-state index < -0.39 is 15.0 Å². The predicted molar refractivity (Wildman–Crippen MR) is 70.3 cm³/mol. The molecule has 2 heterocycles. The van der Waals surface area contributed by atoms with Crippen LogP contribution >= 0.6 is 10.7 Å². The molecule has 2 fully saturated rings. The molecule has 20 heavy (non-hydrogen) atoms. The molecule has 2 N–H and O–H groups in total. The van der Waals surface area contributed by atoms with Crippen LogP contribution in [-0.2, 0) is 13.8 Å². The number of ether oxygens (including phenoxy) is 1. The van der Waals surface area contributed by atoms with Crippen LogP contribution in [0.1, 0.15) is 41.4 Å². The first-order chi connectivity index (χ1) is 9.47. The van der Waals surface area contributed by atoms with Gasteiger partial charge in [0.1, 0.15) is 4.90 Å². The Morgan fingerprint density at radius 1 is 1.40 bits per heavy atom. The highest BCUT2D eigenvalue weighted by atomic mass is 35.7. The zero-order chi connectivity index (χ0) is 14.3. The van der Waals surface area contributed by atoms with Gasteiger partial charge < -0.3 is 10.1 Å². The molecule has 1 saturated heterocycles. The molecule has 1 aromatic heterocycles. The van der Waals surface area contributed by atoms with Gasteiger partial charge in [0.15, 0.2) is 5.69 Å². The molecule has 1 saturated carbocycles. The first-order valence-corrected chi connectivity index (χ1v) is 8.69. The van der Waals surface area contributed by atoms with Gasteiger partial charge in [-0.25, -0.2) is 8.42 Å². The van der Waals surface area contributed by atoms with E-state index in [0.29, 0.717) is 25.3 Å². The van der Waals surface area contributed by atoms with Crippen molar-refractivity contribution in [1.82, 2.24) is 15.5 Å². The maximum atomic E-state index is 12.2. The minimum absolute atomic E-state index is 0.0994. The summed E-state index contributed by atoms with van der Waals surface area (Å²) in [6.07, 6.45) is 2.45. The number of hydrogen-bond donors (Lipinski definition) is 2. The molecule has 110 valence electrons. The zero-order valence-corrected chi connectivity index (χ0v) is 12.1. The van der Waals surface area contributed by atoms with E-state index in [1.807, 2.05) is 0 Å². The molecule has 0 aromatic carbocycles. The number of hydrogen-bond acceptors (Lipinski definition) is 5. The topological polar surface area (TPSA) is 101 Å². The standard InChI is InChI=1S/C11H14ClN3O4S/c12-20(17,18)10-8(6-1-2-6)14-15-9(10)11(16)13-7-3-4-19-5-7/h6-7H,1-5H2,(H,13,16)(H,14,15). The second-order valence-corrected chi connectivity index (χ2v) is 7.56. The summed E-state index contributed by atoms with van der Waals surface area (Å²) in [7, 11) is 1.43. The molecule has 1 aliphatic carbocycles. The number of carbonyl (C=O) groups excluding carboxylic acids is 1. The molecule has 2 aliphatic rings. The first kappa shape index (κ1) is 13.8. The summed E-state index contributed by atoms with van der Waals surface area (Å²) in [6, 6.07) is -0.116. The molecule has 1 unspecified atom stereocenters. The van der Waals surface area contributed by atoms with Gasteiger partial charge in [-0.3, -0.25) is 9.89 Å². The number of H-pyrrole nitrogens is 1. The Balaban J connectivity index is 1.90. The van der Waals surface area contributed by atoms with Crippen LogP contribution in [0.15, 0.2) is 4.90 Å². The van der Waals surface area contributed by atoms with Crippen molar-refractivity contribution in [3.05, 3.63) is 11.4 Å². The summed E-state index contributed by atoms with van der Waals surface area (Å²) in [5.41, 5.74) is 0.279. The summed E-state index contributed by atoms with van der Waals surface area (Å²) < 4.78 is 28.6. The van der Waals surface area contributed by atoms with Crippen molar-refractivity contribution in [1.29, 1.82) is 0 Å². The average Bonchev–Trinajstić information content (AvgIpc) is 2.90. The number of carbonyl (C=O) groups is 1. The Labute approximate surface area is 120 Å². The fraction of sp³-hybridized carbons (Fsp3) is 0.636. The zero-order valence-electron chi connectivity index (χ0n) is 10.6.